The lowest BCUT2D eigenvalue weighted by molar-refractivity contribution is -0.120. The summed E-state index contributed by atoms with van der Waals surface area (Å²) in [5, 5.41) is 55.6. The minimum Gasteiger partial charge on any atom is -0.505 e. The van der Waals surface area contributed by atoms with Crippen molar-refractivity contribution in [2.45, 2.75) is 96.6 Å². The maximum atomic E-state index is 11.5. The number of aryl methyl sites for hydroxylation is 2. The number of aromatic hydroxyl groups is 1. The van der Waals surface area contributed by atoms with Gasteiger partial charge in [-0.1, -0.05) is 206 Å². The van der Waals surface area contributed by atoms with Gasteiger partial charge in [0.1, 0.15) is 0 Å². The molecule has 11 rings (SSSR count). The minimum atomic E-state index is -0.549. The average Bonchev–Trinajstić information content (AvgIpc) is 4.28. The third kappa shape index (κ3) is 16.2. The maximum Gasteiger partial charge on any atom is 0.221 e. The van der Waals surface area contributed by atoms with E-state index < -0.39 is 24.4 Å². The lowest BCUT2D eigenvalue weighted by atomic mass is 9.95. The standard InChI is InChI=1S/C8H8Br2O.2C8H7BrO.2C7H10Br2O2.C7H6Br2O2.C7H5BrO2/c1-4-2-3-5-6(7(4)11)8(5,9)10;1-6-5-7(9)3-2-4-8(6)10;1-6-3-2-4-7(9)5-8(6)10;3*8-7(9)3-1-2-4(10)6(11)5(3)7;8-5-2-1-3-6(9)7(10)4-5/h2,5-6H,3H2,1H3;2*2-5H,1H3;2*3-6,10-11H,1-2H2;2-3,5,10H,1H2;1-4H,(H,9,10). The number of halogens is 11. The number of allylic oxidation sites excluding steroid dienone is 4. The van der Waals surface area contributed by atoms with Gasteiger partial charge in [-0.05, 0) is 136 Å². The third-order valence-electron chi connectivity index (χ3n) is 14.0. The van der Waals surface area contributed by atoms with Gasteiger partial charge >= 0.3 is 0 Å². The summed E-state index contributed by atoms with van der Waals surface area (Å²) >= 11 is 37.4. The van der Waals surface area contributed by atoms with Crippen molar-refractivity contribution in [2.24, 2.45) is 47.3 Å². The van der Waals surface area contributed by atoms with Crippen molar-refractivity contribution in [3.05, 3.63) is 151 Å². The summed E-state index contributed by atoms with van der Waals surface area (Å²) in [5.74, 6) is 2.19. The van der Waals surface area contributed by atoms with E-state index in [2.05, 4.69) is 175 Å². The number of fused-ring (bicyclic) bond motifs is 4. The first-order valence-electron chi connectivity index (χ1n) is 23.2. The Hall–Kier alpha value is 0.210. The summed E-state index contributed by atoms with van der Waals surface area (Å²) in [4.78, 5) is 55.4. The number of aliphatic hydroxyl groups excluding tert-OH is 5. The van der Waals surface area contributed by atoms with Crippen LogP contribution in [-0.4, -0.2) is 79.6 Å². The van der Waals surface area contributed by atoms with Crippen LogP contribution in [0.5, 0.6) is 5.75 Å². The van der Waals surface area contributed by atoms with E-state index in [0.29, 0.717) is 33.9 Å². The smallest absolute Gasteiger partial charge is 0.221 e. The number of Topliss-reactive ketones (excluding diaryl/α,β-unsaturated/α-hetero) is 2. The second kappa shape index (κ2) is 26.9. The van der Waals surface area contributed by atoms with Gasteiger partial charge in [-0.15, -0.1) is 0 Å². The van der Waals surface area contributed by atoms with Gasteiger partial charge in [0.05, 0.1) is 49.2 Å². The Morgan fingerprint density at radius 2 is 0.878 bits per heavy atom. The number of carbonyl (C=O) groups is 2. The van der Waals surface area contributed by atoms with Gasteiger partial charge in [0.15, 0.2) is 28.1 Å². The number of ketones is 2. The van der Waals surface area contributed by atoms with Crippen LogP contribution in [0, 0.1) is 61.2 Å². The van der Waals surface area contributed by atoms with Gasteiger partial charge in [-0.25, -0.2) is 0 Å². The molecule has 0 radical (unpaired) electrons. The zero-order valence-electron chi connectivity index (χ0n) is 39.6. The Morgan fingerprint density at radius 3 is 1.34 bits per heavy atom. The Kier molecular flexibility index (Phi) is 23.6. The summed E-state index contributed by atoms with van der Waals surface area (Å²) in [7, 11) is 0. The summed E-state index contributed by atoms with van der Waals surface area (Å²) in [6.45, 7) is 5.49. The zero-order chi connectivity index (χ0) is 55.6. The molecule has 11 nitrogen and oxygen atoms in total. The molecule has 6 fully saturated rings. The summed E-state index contributed by atoms with van der Waals surface area (Å²) < 4.78 is 1.94. The number of carbonyl (C=O) groups excluding carboxylic acids is 2. The molecule has 0 bridgehead atoms. The van der Waals surface area contributed by atoms with E-state index in [1.807, 2.05) is 37.3 Å². The van der Waals surface area contributed by atoms with Gasteiger partial charge < -0.3 is 30.6 Å². The molecule has 74 heavy (non-hydrogen) atoms. The van der Waals surface area contributed by atoms with Crippen LogP contribution in [-0.2, 0) is 9.59 Å². The van der Waals surface area contributed by atoms with E-state index in [1.165, 1.54) is 12.1 Å². The summed E-state index contributed by atoms with van der Waals surface area (Å²) in [6.07, 6.45) is 6.74. The molecule has 0 amide bonds. The van der Waals surface area contributed by atoms with E-state index in [4.69, 9.17) is 10.2 Å². The first kappa shape index (κ1) is 65.0. The molecular formula is C52H53Br11O11. The molecule has 3 aromatic carbocycles. The van der Waals surface area contributed by atoms with Crippen LogP contribution in [0.3, 0.4) is 0 Å². The summed E-state index contributed by atoms with van der Waals surface area (Å²) in [5.41, 5.74) is 2.22. The van der Waals surface area contributed by atoms with E-state index in [-0.39, 0.29) is 70.2 Å². The fourth-order valence-electron chi connectivity index (χ4n) is 9.16. The van der Waals surface area contributed by atoms with Crippen molar-refractivity contribution >= 4 is 187 Å². The molecule has 12 atom stereocenters. The highest BCUT2D eigenvalue weighted by atomic mass is 79.9. The fourth-order valence-corrected chi connectivity index (χ4v) is 17.6. The topological polar surface area (TPSA) is 207 Å². The second-order valence-corrected chi connectivity index (χ2v) is 36.6. The van der Waals surface area contributed by atoms with Crippen molar-refractivity contribution < 1.29 is 40.2 Å². The number of alkyl halides is 8. The highest BCUT2D eigenvalue weighted by molar-refractivity contribution is 9.26. The molecule has 6 saturated carbocycles. The van der Waals surface area contributed by atoms with Crippen molar-refractivity contribution in [3.63, 3.8) is 0 Å². The van der Waals surface area contributed by atoms with Crippen molar-refractivity contribution in [1.29, 1.82) is 0 Å². The molecule has 0 aromatic heterocycles. The van der Waals surface area contributed by atoms with Crippen LogP contribution in [0.25, 0.3) is 0 Å². The first-order valence-corrected chi connectivity index (χ1v) is 31.9. The minimum absolute atomic E-state index is 0.0625. The van der Waals surface area contributed by atoms with E-state index in [9.17, 15) is 44.4 Å². The van der Waals surface area contributed by atoms with Crippen LogP contribution in [0.4, 0.5) is 0 Å². The van der Waals surface area contributed by atoms with Gasteiger partial charge in [0, 0.05) is 43.2 Å². The molecule has 404 valence electrons. The van der Waals surface area contributed by atoms with Gasteiger partial charge in [0.2, 0.25) is 11.2 Å². The molecule has 12 unspecified atom stereocenters. The van der Waals surface area contributed by atoms with Gasteiger partial charge in [-0.2, -0.15) is 0 Å². The van der Waals surface area contributed by atoms with E-state index in [1.54, 1.807) is 56.3 Å². The molecule has 3 aromatic rings. The van der Waals surface area contributed by atoms with Gasteiger partial charge in [0.25, 0.3) is 0 Å². The van der Waals surface area contributed by atoms with E-state index >= 15 is 0 Å². The molecule has 0 heterocycles. The molecule has 0 spiro atoms. The van der Waals surface area contributed by atoms with Gasteiger partial charge in [-0.3, -0.25) is 24.0 Å². The molecule has 6 N–H and O–H groups in total. The Balaban J connectivity index is 0.000000160. The highest BCUT2D eigenvalue weighted by Gasteiger charge is 2.69. The lowest BCUT2D eigenvalue weighted by Crippen LogP contribution is -2.32. The number of aliphatic hydroxyl groups is 5. The van der Waals surface area contributed by atoms with Crippen LogP contribution in [0.15, 0.2) is 124 Å². The first-order chi connectivity index (χ1) is 34.3. The number of hydrogen-bond donors (Lipinski definition) is 6. The van der Waals surface area contributed by atoms with E-state index in [0.717, 1.165) is 64.2 Å². The predicted octanol–water partition coefficient (Wildman–Crippen LogP) is 13.0. The fraction of sp³-hybridized carbons (Fsp3) is 0.481. The largest absolute Gasteiger partial charge is 0.505 e. The highest BCUT2D eigenvalue weighted by Crippen LogP contribution is 2.69. The summed E-state index contributed by atoms with van der Waals surface area (Å²) in [6, 6.07) is 19.9. The maximum absolute atomic E-state index is 11.5. The Morgan fingerprint density at radius 1 is 0.459 bits per heavy atom. The van der Waals surface area contributed by atoms with Crippen molar-refractivity contribution in [1.82, 2.24) is 0 Å². The number of hydrogen-bond acceptors (Lipinski definition) is 11. The SMILES string of the molecule is CC1=CCC2C(C1=O)C2(Br)Br.Cc1cc(Br)cccc1=O.Cc1cccc(Br)cc1=O.O=C1C(O)=CCC2C1C2(Br)Br.O=c1cc(Br)cccc1O.OC1CCC2C(C1O)C2(Br)Br.OC1CCC2C(C1O)C2(Br)Br. The molecule has 22 heteroatoms. The average molecular weight is 1730 g/mol. The second-order valence-electron chi connectivity index (χ2n) is 19.1. The lowest BCUT2D eigenvalue weighted by Gasteiger charge is -2.21. The Bertz CT molecular complexity index is 2650. The van der Waals surface area contributed by atoms with Crippen molar-refractivity contribution in [3.8, 4) is 5.75 Å². The monoisotopic (exact) mass is 1720 g/mol. The normalized spacial score (nSPS) is 31.4. The molecule has 8 aliphatic carbocycles. The van der Waals surface area contributed by atoms with Crippen LogP contribution < -0.4 is 16.3 Å². The zero-order valence-corrected chi connectivity index (χ0v) is 57.1. The molecule has 0 saturated heterocycles. The van der Waals surface area contributed by atoms with Crippen molar-refractivity contribution in [2.75, 3.05) is 0 Å². The Labute approximate surface area is 522 Å². The van der Waals surface area contributed by atoms with Crippen LogP contribution in [0.1, 0.15) is 56.6 Å². The van der Waals surface area contributed by atoms with Crippen LogP contribution in [0.2, 0.25) is 0 Å². The number of rotatable bonds is 0. The third-order valence-corrected chi connectivity index (χ3v) is 24.3. The molecule has 0 aliphatic heterocycles. The quantitative estimate of drug-likeness (QED) is 0.117. The molecular weight excluding hydrogens is 1680 g/mol. The van der Waals surface area contributed by atoms with Crippen LogP contribution >= 0.6 is 175 Å². The predicted molar refractivity (Wildman–Crippen MR) is 329 cm³/mol. The molecule has 8 aliphatic rings.